The minimum absolute atomic E-state index is 0.295. The minimum atomic E-state index is 0.295. The number of nitrogens with one attached hydrogen (secondary N) is 1. The molecule has 2 heteroatoms. The van der Waals surface area contributed by atoms with E-state index >= 15 is 0 Å². The average Bonchev–Trinajstić information content (AvgIpc) is 2.96. The topological polar surface area (TPSA) is 32.3 Å². The van der Waals surface area contributed by atoms with E-state index in [4.69, 9.17) is 5.11 Å². The Morgan fingerprint density at radius 2 is 2.08 bits per heavy atom. The standard InChI is InChI=1S/C10H19NO/c12-8-10(4-5-10)7-11-6-3-9-1-2-9/h9,11-12H,1-8H2. The fourth-order valence-electron chi connectivity index (χ4n) is 1.63. The van der Waals surface area contributed by atoms with Gasteiger partial charge >= 0.3 is 0 Å². The van der Waals surface area contributed by atoms with Crippen molar-refractivity contribution >= 4 is 0 Å². The Balaban J connectivity index is 1.50. The zero-order valence-corrected chi connectivity index (χ0v) is 7.68. The van der Waals surface area contributed by atoms with Gasteiger partial charge in [-0.05, 0) is 31.7 Å². The van der Waals surface area contributed by atoms with Crippen molar-refractivity contribution in [2.45, 2.75) is 32.1 Å². The molecule has 0 amide bonds. The van der Waals surface area contributed by atoms with Gasteiger partial charge < -0.3 is 10.4 Å². The van der Waals surface area contributed by atoms with E-state index in [-0.39, 0.29) is 0 Å². The van der Waals surface area contributed by atoms with Crippen LogP contribution in [0.4, 0.5) is 0 Å². The van der Waals surface area contributed by atoms with Crippen LogP contribution in [0.25, 0.3) is 0 Å². The van der Waals surface area contributed by atoms with Crippen molar-refractivity contribution in [1.82, 2.24) is 5.32 Å². The summed E-state index contributed by atoms with van der Waals surface area (Å²) in [6, 6.07) is 0. The third-order valence-corrected chi connectivity index (χ3v) is 3.22. The molecule has 0 radical (unpaired) electrons. The van der Waals surface area contributed by atoms with Crippen LogP contribution in [-0.4, -0.2) is 24.8 Å². The molecule has 2 N–H and O–H groups in total. The van der Waals surface area contributed by atoms with Gasteiger partial charge in [-0.25, -0.2) is 0 Å². The van der Waals surface area contributed by atoms with Crippen LogP contribution in [0, 0.1) is 11.3 Å². The van der Waals surface area contributed by atoms with Gasteiger partial charge in [0.1, 0.15) is 0 Å². The van der Waals surface area contributed by atoms with E-state index < -0.39 is 0 Å². The Morgan fingerprint density at radius 3 is 2.58 bits per heavy atom. The molecule has 0 aliphatic heterocycles. The maximum Gasteiger partial charge on any atom is 0.0499 e. The number of hydrogen-bond donors (Lipinski definition) is 2. The molecular formula is C10H19NO. The van der Waals surface area contributed by atoms with Crippen molar-refractivity contribution in [2.24, 2.45) is 11.3 Å². The SMILES string of the molecule is OCC1(CNCCC2CC2)CC1. The summed E-state index contributed by atoms with van der Waals surface area (Å²) in [5.41, 5.74) is 0.295. The highest BCUT2D eigenvalue weighted by molar-refractivity contribution is 4.94. The zero-order chi connectivity index (χ0) is 8.44. The van der Waals surface area contributed by atoms with Crippen LogP contribution in [0.2, 0.25) is 0 Å². The van der Waals surface area contributed by atoms with Crippen LogP contribution in [0.3, 0.4) is 0 Å². The Bertz CT molecular complexity index is 150. The highest BCUT2D eigenvalue weighted by Crippen LogP contribution is 2.44. The first kappa shape index (κ1) is 8.52. The van der Waals surface area contributed by atoms with Gasteiger partial charge in [0.2, 0.25) is 0 Å². The lowest BCUT2D eigenvalue weighted by Gasteiger charge is -2.11. The molecule has 0 atom stereocenters. The Morgan fingerprint density at radius 1 is 1.33 bits per heavy atom. The average molecular weight is 169 g/mol. The van der Waals surface area contributed by atoms with Gasteiger partial charge in [0.05, 0.1) is 0 Å². The van der Waals surface area contributed by atoms with Crippen LogP contribution in [0.5, 0.6) is 0 Å². The van der Waals surface area contributed by atoms with Crippen LogP contribution >= 0.6 is 0 Å². The highest BCUT2D eigenvalue weighted by atomic mass is 16.3. The number of hydrogen-bond acceptors (Lipinski definition) is 2. The molecule has 2 saturated carbocycles. The normalized spacial score (nSPS) is 25.8. The third kappa shape index (κ3) is 2.20. The van der Waals surface area contributed by atoms with Crippen LogP contribution in [0.1, 0.15) is 32.1 Å². The van der Waals surface area contributed by atoms with Crippen molar-refractivity contribution in [3.63, 3.8) is 0 Å². The summed E-state index contributed by atoms with van der Waals surface area (Å²) < 4.78 is 0. The van der Waals surface area contributed by atoms with Gasteiger partial charge in [-0.15, -0.1) is 0 Å². The summed E-state index contributed by atoms with van der Waals surface area (Å²) >= 11 is 0. The van der Waals surface area contributed by atoms with Crippen molar-refractivity contribution in [3.8, 4) is 0 Å². The molecule has 0 aromatic carbocycles. The van der Waals surface area contributed by atoms with Crippen LogP contribution in [0.15, 0.2) is 0 Å². The van der Waals surface area contributed by atoms with Gasteiger partial charge in [0.15, 0.2) is 0 Å². The van der Waals surface area contributed by atoms with Gasteiger partial charge in [-0.3, -0.25) is 0 Å². The number of aliphatic hydroxyl groups is 1. The van der Waals surface area contributed by atoms with Gasteiger partial charge in [0.25, 0.3) is 0 Å². The van der Waals surface area contributed by atoms with E-state index in [0.29, 0.717) is 12.0 Å². The molecule has 0 spiro atoms. The van der Waals surface area contributed by atoms with E-state index in [2.05, 4.69) is 5.32 Å². The first-order valence-corrected chi connectivity index (χ1v) is 5.16. The fraction of sp³-hybridized carbons (Fsp3) is 1.00. The second-order valence-electron chi connectivity index (χ2n) is 4.57. The quantitative estimate of drug-likeness (QED) is 0.585. The first-order valence-electron chi connectivity index (χ1n) is 5.16. The van der Waals surface area contributed by atoms with Crippen molar-refractivity contribution < 1.29 is 5.11 Å². The maximum atomic E-state index is 9.04. The van der Waals surface area contributed by atoms with Gasteiger partial charge in [0, 0.05) is 18.6 Å². The van der Waals surface area contributed by atoms with Gasteiger partial charge in [-0.2, -0.15) is 0 Å². The summed E-state index contributed by atoms with van der Waals surface area (Å²) in [5, 5.41) is 12.5. The molecule has 2 aliphatic rings. The molecule has 2 rings (SSSR count). The Kier molecular flexibility index (Phi) is 2.37. The summed E-state index contributed by atoms with van der Waals surface area (Å²) in [6.45, 7) is 2.58. The summed E-state index contributed by atoms with van der Waals surface area (Å²) in [5.74, 6) is 1.03. The smallest absolute Gasteiger partial charge is 0.0499 e. The predicted octanol–water partition coefficient (Wildman–Crippen LogP) is 1.15. The summed E-state index contributed by atoms with van der Waals surface area (Å²) in [6.07, 6.45) is 6.70. The van der Waals surface area contributed by atoms with Crippen molar-refractivity contribution in [1.29, 1.82) is 0 Å². The number of rotatable bonds is 6. The lowest BCUT2D eigenvalue weighted by Crippen LogP contribution is -2.27. The predicted molar refractivity (Wildman–Crippen MR) is 49.0 cm³/mol. The Labute approximate surface area is 74.4 Å². The van der Waals surface area contributed by atoms with Crippen molar-refractivity contribution in [2.75, 3.05) is 19.7 Å². The largest absolute Gasteiger partial charge is 0.396 e. The van der Waals surface area contributed by atoms with Gasteiger partial charge in [-0.1, -0.05) is 12.8 Å². The molecule has 12 heavy (non-hydrogen) atoms. The lowest BCUT2D eigenvalue weighted by molar-refractivity contribution is 0.207. The second kappa shape index (κ2) is 3.35. The molecular weight excluding hydrogens is 150 g/mol. The van der Waals surface area contributed by atoms with E-state index in [9.17, 15) is 0 Å². The minimum Gasteiger partial charge on any atom is -0.396 e. The molecule has 0 heterocycles. The monoisotopic (exact) mass is 169 g/mol. The maximum absolute atomic E-state index is 9.04. The molecule has 0 saturated heterocycles. The molecule has 2 nitrogen and oxygen atoms in total. The first-order chi connectivity index (χ1) is 5.85. The highest BCUT2D eigenvalue weighted by Gasteiger charge is 2.41. The van der Waals surface area contributed by atoms with E-state index in [1.807, 2.05) is 0 Å². The third-order valence-electron chi connectivity index (χ3n) is 3.22. The molecule has 2 fully saturated rings. The summed E-state index contributed by atoms with van der Waals surface area (Å²) in [7, 11) is 0. The molecule has 0 aromatic rings. The Hall–Kier alpha value is -0.0800. The zero-order valence-electron chi connectivity index (χ0n) is 7.68. The van der Waals surface area contributed by atoms with Crippen LogP contribution in [-0.2, 0) is 0 Å². The molecule has 0 aromatic heterocycles. The summed E-state index contributed by atoms with van der Waals surface area (Å²) in [4.78, 5) is 0. The second-order valence-corrected chi connectivity index (χ2v) is 4.57. The molecule has 0 unspecified atom stereocenters. The van der Waals surface area contributed by atoms with E-state index in [0.717, 1.165) is 19.0 Å². The molecule has 0 bridgehead atoms. The molecule has 2 aliphatic carbocycles. The lowest BCUT2D eigenvalue weighted by atomic mass is 10.1. The van der Waals surface area contributed by atoms with Crippen LogP contribution < -0.4 is 5.32 Å². The fourth-order valence-corrected chi connectivity index (χ4v) is 1.63. The van der Waals surface area contributed by atoms with E-state index in [1.165, 1.54) is 32.1 Å². The van der Waals surface area contributed by atoms with E-state index in [1.54, 1.807) is 0 Å². The van der Waals surface area contributed by atoms with Crippen molar-refractivity contribution in [3.05, 3.63) is 0 Å². The number of aliphatic hydroxyl groups excluding tert-OH is 1. The molecule has 70 valence electrons.